The van der Waals surface area contributed by atoms with E-state index in [9.17, 15) is 4.79 Å². The Balaban J connectivity index is 1.89. The standard InChI is InChI=1S/C18H24N4O2/c1-4-5-12-22(2)17-11-10-16(20-21-17)19-18(23)13-14-6-8-15(24-3)9-7-14/h6-11H,4-5,12-13H2,1-3H3,(H,19,20,23). The number of carbonyl (C=O) groups excluding carboxylic acids is 1. The van der Waals surface area contributed by atoms with Crippen LogP contribution >= 0.6 is 0 Å². The highest BCUT2D eigenvalue weighted by Gasteiger charge is 2.07. The van der Waals surface area contributed by atoms with E-state index in [4.69, 9.17) is 4.74 Å². The molecule has 0 aliphatic carbocycles. The molecule has 6 heteroatoms. The Morgan fingerprint density at radius 1 is 1.17 bits per heavy atom. The predicted octanol–water partition coefficient (Wildman–Crippen LogP) is 2.90. The molecule has 0 aliphatic heterocycles. The first-order chi connectivity index (χ1) is 11.6. The van der Waals surface area contributed by atoms with Gasteiger partial charge in [0.2, 0.25) is 5.91 Å². The van der Waals surface area contributed by atoms with E-state index in [1.165, 1.54) is 0 Å². The fourth-order valence-corrected chi connectivity index (χ4v) is 2.22. The van der Waals surface area contributed by atoms with Crippen molar-refractivity contribution in [1.29, 1.82) is 0 Å². The van der Waals surface area contributed by atoms with Crippen molar-refractivity contribution in [2.24, 2.45) is 0 Å². The zero-order valence-electron chi connectivity index (χ0n) is 14.5. The maximum absolute atomic E-state index is 12.1. The summed E-state index contributed by atoms with van der Waals surface area (Å²) < 4.78 is 5.10. The summed E-state index contributed by atoms with van der Waals surface area (Å²) >= 11 is 0. The van der Waals surface area contributed by atoms with Crippen LogP contribution in [0.15, 0.2) is 36.4 Å². The quantitative estimate of drug-likeness (QED) is 0.807. The second kappa shape index (κ2) is 8.86. The molecule has 0 spiro atoms. The van der Waals surface area contributed by atoms with Gasteiger partial charge in [0.25, 0.3) is 0 Å². The third-order valence-corrected chi connectivity index (χ3v) is 3.68. The van der Waals surface area contributed by atoms with Gasteiger partial charge < -0.3 is 15.0 Å². The van der Waals surface area contributed by atoms with E-state index in [-0.39, 0.29) is 12.3 Å². The Morgan fingerprint density at radius 2 is 1.92 bits per heavy atom. The molecular formula is C18H24N4O2. The average Bonchev–Trinajstić information content (AvgIpc) is 2.61. The highest BCUT2D eigenvalue weighted by atomic mass is 16.5. The van der Waals surface area contributed by atoms with Gasteiger partial charge in [-0.3, -0.25) is 4.79 Å². The average molecular weight is 328 g/mol. The van der Waals surface area contributed by atoms with Crippen LogP contribution in [-0.4, -0.2) is 36.8 Å². The fourth-order valence-electron chi connectivity index (χ4n) is 2.22. The lowest BCUT2D eigenvalue weighted by atomic mass is 10.1. The molecule has 0 fully saturated rings. The number of hydrogen-bond acceptors (Lipinski definition) is 5. The molecule has 0 unspecified atom stereocenters. The summed E-state index contributed by atoms with van der Waals surface area (Å²) in [6, 6.07) is 11.1. The molecular weight excluding hydrogens is 304 g/mol. The lowest BCUT2D eigenvalue weighted by Crippen LogP contribution is -2.20. The van der Waals surface area contributed by atoms with Crippen LogP contribution in [0.1, 0.15) is 25.3 Å². The van der Waals surface area contributed by atoms with Gasteiger partial charge in [-0.25, -0.2) is 0 Å². The van der Waals surface area contributed by atoms with E-state index >= 15 is 0 Å². The number of aromatic nitrogens is 2. The molecule has 6 nitrogen and oxygen atoms in total. The summed E-state index contributed by atoms with van der Waals surface area (Å²) in [6.07, 6.45) is 2.53. The van der Waals surface area contributed by atoms with Crippen molar-refractivity contribution in [3.63, 3.8) is 0 Å². The molecule has 0 saturated heterocycles. The minimum atomic E-state index is -0.124. The molecule has 0 radical (unpaired) electrons. The van der Waals surface area contributed by atoms with Crippen LogP contribution in [0, 0.1) is 0 Å². The van der Waals surface area contributed by atoms with E-state index in [2.05, 4.69) is 27.3 Å². The summed E-state index contributed by atoms with van der Waals surface area (Å²) in [5.74, 6) is 1.91. The van der Waals surface area contributed by atoms with Crippen molar-refractivity contribution in [3.8, 4) is 5.75 Å². The highest BCUT2D eigenvalue weighted by molar-refractivity contribution is 5.91. The van der Waals surface area contributed by atoms with Gasteiger partial charge in [0.05, 0.1) is 13.5 Å². The monoisotopic (exact) mass is 328 g/mol. The highest BCUT2D eigenvalue weighted by Crippen LogP contribution is 2.13. The topological polar surface area (TPSA) is 67.4 Å². The Bertz CT molecular complexity index is 641. The van der Waals surface area contributed by atoms with Gasteiger partial charge in [-0.1, -0.05) is 25.5 Å². The first-order valence-electron chi connectivity index (χ1n) is 8.10. The van der Waals surface area contributed by atoms with Gasteiger partial charge in [0.15, 0.2) is 11.6 Å². The number of methoxy groups -OCH3 is 1. The molecule has 1 aromatic heterocycles. The summed E-state index contributed by atoms with van der Waals surface area (Å²) in [5, 5.41) is 11.0. The molecule has 0 aliphatic rings. The first kappa shape index (κ1) is 17.7. The zero-order chi connectivity index (χ0) is 17.4. The van der Waals surface area contributed by atoms with Gasteiger partial charge in [0.1, 0.15) is 5.75 Å². The van der Waals surface area contributed by atoms with Crippen LogP contribution in [0.5, 0.6) is 5.75 Å². The number of benzene rings is 1. The molecule has 2 aromatic rings. The molecule has 1 N–H and O–H groups in total. The van der Waals surface area contributed by atoms with Gasteiger partial charge in [-0.2, -0.15) is 0 Å². The normalized spacial score (nSPS) is 10.3. The lowest BCUT2D eigenvalue weighted by Gasteiger charge is -2.17. The minimum absolute atomic E-state index is 0.124. The maximum Gasteiger partial charge on any atom is 0.229 e. The van der Waals surface area contributed by atoms with Gasteiger partial charge >= 0.3 is 0 Å². The molecule has 24 heavy (non-hydrogen) atoms. The molecule has 2 rings (SSSR count). The number of carbonyl (C=O) groups is 1. The number of anilines is 2. The number of nitrogens with one attached hydrogen (secondary N) is 1. The van der Waals surface area contributed by atoms with Crippen molar-refractivity contribution in [1.82, 2.24) is 10.2 Å². The van der Waals surface area contributed by atoms with E-state index < -0.39 is 0 Å². The number of amides is 1. The second-order valence-electron chi connectivity index (χ2n) is 5.62. The predicted molar refractivity (Wildman–Crippen MR) is 95.5 cm³/mol. The van der Waals surface area contributed by atoms with Crippen LogP contribution < -0.4 is 15.0 Å². The van der Waals surface area contributed by atoms with Gasteiger partial charge in [0, 0.05) is 13.6 Å². The van der Waals surface area contributed by atoms with Crippen LogP contribution in [0.25, 0.3) is 0 Å². The number of rotatable bonds is 8. The van der Waals surface area contributed by atoms with Crippen molar-refractivity contribution in [2.45, 2.75) is 26.2 Å². The molecule has 1 heterocycles. The Kier molecular flexibility index (Phi) is 6.54. The second-order valence-corrected chi connectivity index (χ2v) is 5.62. The summed E-state index contributed by atoms with van der Waals surface area (Å²) in [5.41, 5.74) is 0.914. The van der Waals surface area contributed by atoms with Crippen LogP contribution in [0.4, 0.5) is 11.6 Å². The minimum Gasteiger partial charge on any atom is -0.497 e. The van der Waals surface area contributed by atoms with Crippen molar-refractivity contribution >= 4 is 17.5 Å². The number of hydrogen-bond donors (Lipinski definition) is 1. The van der Waals surface area contributed by atoms with E-state index in [1.54, 1.807) is 13.2 Å². The lowest BCUT2D eigenvalue weighted by molar-refractivity contribution is -0.115. The molecule has 0 saturated carbocycles. The van der Waals surface area contributed by atoms with Crippen molar-refractivity contribution in [2.75, 3.05) is 30.9 Å². The van der Waals surface area contributed by atoms with Crippen LogP contribution in [-0.2, 0) is 11.2 Å². The first-order valence-corrected chi connectivity index (χ1v) is 8.10. The van der Waals surface area contributed by atoms with Gasteiger partial charge in [-0.05, 0) is 36.2 Å². The number of unbranched alkanes of at least 4 members (excludes halogenated alkanes) is 1. The molecule has 0 atom stereocenters. The maximum atomic E-state index is 12.1. The summed E-state index contributed by atoms with van der Waals surface area (Å²) in [4.78, 5) is 14.1. The third-order valence-electron chi connectivity index (χ3n) is 3.68. The van der Waals surface area contributed by atoms with E-state index in [1.807, 2.05) is 37.4 Å². The largest absolute Gasteiger partial charge is 0.497 e. The Hall–Kier alpha value is -2.63. The molecule has 1 amide bonds. The fraction of sp³-hybridized carbons (Fsp3) is 0.389. The molecule has 128 valence electrons. The number of ether oxygens (including phenoxy) is 1. The zero-order valence-corrected chi connectivity index (χ0v) is 14.5. The van der Waals surface area contributed by atoms with Crippen LogP contribution in [0.3, 0.4) is 0 Å². The summed E-state index contributed by atoms with van der Waals surface area (Å²) in [6.45, 7) is 3.09. The van der Waals surface area contributed by atoms with Crippen molar-refractivity contribution in [3.05, 3.63) is 42.0 Å². The SMILES string of the molecule is CCCCN(C)c1ccc(NC(=O)Cc2ccc(OC)cc2)nn1. The smallest absolute Gasteiger partial charge is 0.229 e. The van der Waals surface area contributed by atoms with Gasteiger partial charge in [-0.15, -0.1) is 10.2 Å². The summed E-state index contributed by atoms with van der Waals surface area (Å²) in [7, 11) is 3.60. The van der Waals surface area contributed by atoms with E-state index in [0.717, 1.165) is 36.5 Å². The molecule has 0 bridgehead atoms. The van der Waals surface area contributed by atoms with E-state index in [0.29, 0.717) is 5.82 Å². The van der Waals surface area contributed by atoms with Crippen LogP contribution in [0.2, 0.25) is 0 Å². The number of nitrogens with zero attached hydrogens (tertiary/aromatic N) is 3. The Labute approximate surface area is 142 Å². The Morgan fingerprint density at radius 3 is 2.50 bits per heavy atom. The molecule has 1 aromatic carbocycles. The third kappa shape index (κ3) is 5.22. The van der Waals surface area contributed by atoms with Crippen molar-refractivity contribution < 1.29 is 9.53 Å².